The Morgan fingerprint density at radius 1 is 1.40 bits per heavy atom. The first-order valence-electron chi connectivity index (χ1n) is 6.14. The van der Waals surface area contributed by atoms with Crippen molar-refractivity contribution >= 4 is 5.91 Å². The zero-order valence-electron chi connectivity index (χ0n) is 9.83. The van der Waals surface area contributed by atoms with Crippen LogP contribution in [0.3, 0.4) is 0 Å². The Morgan fingerprint density at radius 3 is 2.60 bits per heavy atom. The summed E-state index contributed by atoms with van der Waals surface area (Å²) in [6, 6.07) is 0. The predicted molar refractivity (Wildman–Crippen MR) is 60.5 cm³/mol. The van der Waals surface area contributed by atoms with Gasteiger partial charge in [0, 0.05) is 20.1 Å². The van der Waals surface area contributed by atoms with E-state index in [-0.39, 0.29) is 5.92 Å². The molecule has 1 heterocycles. The van der Waals surface area contributed by atoms with Crippen molar-refractivity contribution in [1.82, 2.24) is 10.2 Å². The van der Waals surface area contributed by atoms with E-state index in [0.717, 1.165) is 25.6 Å². The first-order valence-corrected chi connectivity index (χ1v) is 6.14. The molecule has 0 aromatic carbocycles. The van der Waals surface area contributed by atoms with E-state index in [1.165, 1.54) is 19.3 Å². The van der Waals surface area contributed by atoms with Gasteiger partial charge in [0.05, 0.1) is 5.92 Å². The summed E-state index contributed by atoms with van der Waals surface area (Å²) in [5.74, 6) is 1.85. The van der Waals surface area contributed by atoms with Gasteiger partial charge >= 0.3 is 0 Å². The second-order valence-electron chi connectivity index (χ2n) is 5.26. The molecule has 0 unspecified atom stereocenters. The molecule has 2 rings (SSSR count). The predicted octanol–water partition coefficient (Wildman–Crippen LogP) is 1.10. The van der Waals surface area contributed by atoms with Gasteiger partial charge in [0.1, 0.15) is 0 Å². The summed E-state index contributed by atoms with van der Waals surface area (Å²) in [5.41, 5.74) is 0. The van der Waals surface area contributed by atoms with Crippen LogP contribution >= 0.6 is 0 Å². The average Bonchev–Trinajstić information content (AvgIpc) is 2.56. The lowest BCUT2D eigenvalue weighted by atomic mass is 9.85. The van der Waals surface area contributed by atoms with Crippen molar-refractivity contribution in [3.8, 4) is 0 Å². The molecule has 0 aromatic rings. The van der Waals surface area contributed by atoms with E-state index < -0.39 is 0 Å². The Balaban J connectivity index is 1.82. The number of amides is 1. The van der Waals surface area contributed by atoms with Crippen LogP contribution in [0, 0.1) is 17.8 Å². The molecule has 86 valence electrons. The lowest BCUT2D eigenvalue weighted by molar-refractivity contribution is -0.135. The molecule has 1 N–H and O–H groups in total. The fourth-order valence-corrected chi connectivity index (χ4v) is 2.58. The molecule has 2 atom stereocenters. The van der Waals surface area contributed by atoms with Gasteiger partial charge in [-0.05, 0) is 31.2 Å². The number of nitrogens with zero attached hydrogens (tertiary/aromatic N) is 1. The highest BCUT2D eigenvalue weighted by Crippen LogP contribution is 2.27. The average molecular weight is 210 g/mol. The topological polar surface area (TPSA) is 32.3 Å². The van der Waals surface area contributed by atoms with E-state index in [4.69, 9.17) is 0 Å². The zero-order valence-corrected chi connectivity index (χ0v) is 9.83. The summed E-state index contributed by atoms with van der Waals surface area (Å²) in [6.45, 7) is 5.00. The maximum Gasteiger partial charge on any atom is 0.227 e. The highest BCUT2D eigenvalue weighted by Gasteiger charge is 2.32. The first-order chi connectivity index (χ1) is 7.18. The molecule has 1 aliphatic heterocycles. The fraction of sp³-hybridized carbons (Fsp3) is 0.917. The Labute approximate surface area is 92.2 Å². The van der Waals surface area contributed by atoms with Crippen LogP contribution in [0.1, 0.15) is 26.2 Å². The molecular weight excluding hydrogens is 188 g/mol. The molecule has 2 aliphatic rings. The maximum atomic E-state index is 12.1. The summed E-state index contributed by atoms with van der Waals surface area (Å²) >= 11 is 0. The van der Waals surface area contributed by atoms with Crippen LogP contribution in [-0.4, -0.2) is 37.5 Å². The standard InChI is InChI=1S/C12H22N2O/c1-9-6-13-7-11(9)12(15)14(2)8-10-4-3-5-10/h9-11,13H,3-8H2,1-2H3/t9-,11-/m1/s1. The molecule has 0 radical (unpaired) electrons. The van der Waals surface area contributed by atoms with Crippen molar-refractivity contribution in [2.75, 3.05) is 26.7 Å². The number of carbonyl (C=O) groups excluding carboxylic acids is 1. The van der Waals surface area contributed by atoms with Gasteiger partial charge in [-0.1, -0.05) is 13.3 Å². The molecule has 15 heavy (non-hydrogen) atoms. The van der Waals surface area contributed by atoms with Crippen molar-refractivity contribution in [2.24, 2.45) is 17.8 Å². The second-order valence-corrected chi connectivity index (χ2v) is 5.26. The minimum Gasteiger partial charge on any atom is -0.345 e. The lowest BCUT2D eigenvalue weighted by Crippen LogP contribution is -2.40. The van der Waals surface area contributed by atoms with Gasteiger partial charge < -0.3 is 10.2 Å². The largest absolute Gasteiger partial charge is 0.345 e. The molecule has 1 amide bonds. The van der Waals surface area contributed by atoms with E-state index >= 15 is 0 Å². The second kappa shape index (κ2) is 4.52. The molecule has 0 aromatic heterocycles. The summed E-state index contributed by atoms with van der Waals surface area (Å²) in [5, 5.41) is 3.29. The first kappa shape index (κ1) is 10.9. The molecule has 1 saturated heterocycles. The fourth-order valence-electron chi connectivity index (χ4n) is 2.58. The summed E-state index contributed by atoms with van der Waals surface area (Å²) in [6.07, 6.45) is 3.99. The van der Waals surface area contributed by atoms with Gasteiger partial charge in [-0.3, -0.25) is 4.79 Å². The maximum absolute atomic E-state index is 12.1. The normalized spacial score (nSPS) is 31.3. The van der Waals surface area contributed by atoms with Gasteiger partial charge in [-0.25, -0.2) is 0 Å². The quantitative estimate of drug-likeness (QED) is 0.756. The summed E-state index contributed by atoms with van der Waals surface area (Å²) < 4.78 is 0. The van der Waals surface area contributed by atoms with Crippen LogP contribution in [0.15, 0.2) is 0 Å². The minimum absolute atomic E-state index is 0.218. The van der Waals surface area contributed by atoms with Crippen molar-refractivity contribution in [3.05, 3.63) is 0 Å². The van der Waals surface area contributed by atoms with Gasteiger partial charge in [-0.15, -0.1) is 0 Å². The third-order valence-corrected chi connectivity index (χ3v) is 3.97. The molecule has 1 aliphatic carbocycles. The van der Waals surface area contributed by atoms with Crippen molar-refractivity contribution < 1.29 is 4.79 Å². The Bertz CT molecular complexity index is 238. The number of hydrogen-bond donors (Lipinski definition) is 1. The number of hydrogen-bond acceptors (Lipinski definition) is 2. The molecule has 0 bridgehead atoms. The molecule has 0 spiro atoms. The van der Waals surface area contributed by atoms with Crippen LogP contribution in [0.4, 0.5) is 0 Å². The monoisotopic (exact) mass is 210 g/mol. The van der Waals surface area contributed by atoms with Crippen molar-refractivity contribution in [1.29, 1.82) is 0 Å². The Hall–Kier alpha value is -0.570. The number of nitrogens with one attached hydrogen (secondary N) is 1. The van der Waals surface area contributed by atoms with Crippen molar-refractivity contribution in [3.63, 3.8) is 0 Å². The van der Waals surface area contributed by atoms with E-state index in [2.05, 4.69) is 12.2 Å². The van der Waals surface area contributed by atoms with Crippen LogP contribution < -0.4 is 5.32 Å². The molecule has 3 heteroatoms. The molecular formula is C12H22N2O. The van der Waals surface area contributed by atoms with Gasteiger partial charge in [0.15, 0.2) is 0 Å². The summed E-state index contributed by atoms with van der Waals surface area (Å²) in [4.78, 5) is 14.1. The third-order valence-electron chi connectivity index (χ3n) is 3.97. The van der Waals surface area contributed by atoms with Crippen LogP contribution in [0.5, 0.6) is 0 Å². The minimum atomic E-state index is 0.218. The zero-order chi connectivity index (χ0) is 10.8. The van der Waals surface area contributed by atoms with Gasteiger partial charge in [0.2, 0.25) is 5.91 Å². The van der Waals surface area contributed by atoms with Gasteiger partial charge in [-0.2, -0.15) is 0 Å². The van der Waals surface area contributed by atoms with Crippen LogP contribution in [0.2, 0.25) is 0 Å². The van der Waals surface area contributed by atoms with E-state index in [1.807, 2.05) is 11.9 Å². The summed E-state index contributed by atoms with van der Waals surface area (Å²) in [7, 11) is 1.96. The van der Waals surface area contributed by atoms with E-state index in [0.29, 0.717) is 11.8 Å². The SMILES string of the molecule is C[C@@H]1CNC[C@H]1C(=O)N(C)CC1CCC1. The smallest absolute Gasteiger partial charge is 0.227 e. The highest BCUT2D eigenvalue weighted by atomic mass is 16.2. The van der Waals surface area contributed by atoms with E-state index in [1.54, 1.807) is 0 Å². The molecule has 3 nitrogen and oxygen atoms in total. The third kappa shape index (κ3) is 2.33. The number of rotatable bonds is 3. The van der Waals surface area contributed by atoms with E-state index in [9.17, 15) is 4.79 Å². The highest BCUT2D eigenvalue weighted by molar-refractivity contribution is 5.79. The molecule has 2 fully saturated rings. The van der Waals surface area contributed by atoms with Gasteiger partial charge in [0.25, 0.3) is 0 Å². The van der Waals surface area contributed by atoms with Crippen molar-refractivity contribution in [2.45, 2.75) is 26.2 Å². The lowest BCUT2D eigenvalue weighted by Gasteiger charge is -2.31. The molecule has 1 saturated carbocycles. The Kier molecular flexibility index (Phi) is 3.29. The van der Waals surface area contributed by atoms with Crippen LogP contribution in [0.25, 0.3) is 0 Å². The number of carbonyl (C=O) groups is 1. The Morgan fingerprint density at radius 2 is 2.13 bits per heavy atom. The van der Waals surface area contributed by atoms with Crippen LogP contribution in [-0.2, 0) is 4.79 Å².